The average molecular weight is 192 g/mol. The second-order valence-corrected chi connectivity index (χ2v) is 2.21. The maximum absolute atomic E-state index is 11.0. The SMILES string of the molecule is C=CC(OC)C(=O)NC(=O)CCl. The lowest BCUT2D eigenvalue weighted by Gasteiger charge is -2.08. The van der Waals surface area contributed by atoms with E-state index in [0.29, 0.717) is 0 Å². The Balaban J connectivity index is 4.01. The van der Waals surface area contributed by atoms with Gasteiger partial charge in [-0.3, -0.25) is 14.9 Å². The number of hydrogen-bond donors (Lipinski definition) is 1. The molecule has 2 amide bonds. The van der Waals surface area contributed by atoms with Crippen molar-refractivity contribution in [3.63, 3.8) is 0 Å². The summed E-state index contributed by atoms with van der Waals surface area (Å²) < 4.78 is 4.68. The third-order valence-corrected chi connectivity index (χ3v) is 1.35. The highest BCUT2D eigenvalue weighted by atomic mass is 35.5. The van der Waals surface area contributed by atoms with E-state index < -0.39 is 17.9 Å². The molecule has 0 aromatic rings. The first kappa shape index (κ1) is 11.1. The van der Waals surface area contributed by atoms with Gasteiger partial charge in [0.1, 0.15) is 5.88 Å². The van der Waals surface area contributed by atoms with Gasteiger partial charge in [-0.2, -0.15) is 0 Å². The van der Waals surface area contributed by atoms with E-state index in [-0.39, 0.29) is 5.88 Å². The van der Waals surface area contributed by atoms with Crippen LogP contribution in [0.25, 0.3) is 0 Å². The van der Waals surface area contributed by atoms with E-state index in [4.69, 9.17) is 11.6 Å². The lowest BCUT2D eigenvalue weighted by atomic mass is 10.3. The first-order valence-corrected chi connectivity index (χ1v) is 3.74. The summed E-state index contributed by atoms with van der Waals surface area (Å²) in [6.45, 7) is 3.36. The fraction of sp³-hybridized carbons (Fsp3) is 0.429. The van der Waals surface area contributed by atoms with E-state index in [1.165, 1.54) is 13.2 Å². The largest absolute Gasteiger partial charge is 0.367 e. The maximum atomic E-state index is 11.0. The number of carbonyl (C=O) groups excluding carboxylic acids is 2. The number of hydrogen-bond acceptors (Lipinski definition) is 3. The molecule has 5 heteroatoms. The molecule has 0 rings (SSSR count). The molecular weight excluding hydrogens is 182 g/mol. The molecular formula is C7H10ClNO3. The molecule has 0 heterocycles. The Bertz CT molecular complexity index is 193. The first-order valence-electron chi connectivity index (χ1n) is 3.20. The van der Waals surface area contributed by atoms with Crippen molar-refractivity contribution in [2.75, 3.05) is 13.0 Å². The standard InChI is InChI=1S/C7H10ClNO3/c1-3-5(12-2)7(11)9-6(10)4-8/h3,5H,1,4H2,2H3,(H,9,10,11). The van der Waals surface area contributed by atoms with E-state index in [0.717, 1.165) is 0 Å². The summed E-state index contributed by atoms with van der Waals surface area (Å²) in [5.41, 5.74) is 0. The van der Waals surface area contributed by atoms with Crippen LogP contribution in [0, 0.1) is 0 Å². The van der Waals surface area contributed by atoms with Crippen LogP contribution in [-0.2, 0) is 14.3 Å². The molecule has 0 fully saturated rings. The number of methoxy groups -OCH3 is 1. The molecule has 0 bridgehead atoms. The van der Waals surface area contributed by atoms with E-state index in [9.17, 15) is 9.59 Å². The minimum atomic E-state index is -0.808. The van der Waals surface area contributed by atoms with E-state index >= 15 is 0 Å². The van der Waals surface area contributed by atoms with Crippen molar-refractivity contribution in [2.24, 2.45) is 0 Å². The van der Waals surface area contributed by atoms with Gasteiger partial charge in [-0.1, -0.05) is 12.7 Å². The summed E-state index contributed by atoms with van der Waals surface area (Å²) in [6, 6.07) is 0. The van der Waals surface area contributed by atoms with Gasteiger partial charge in [0.15, 0.2) is 6.10 Å². The number of nitrogens with one attached hydrogen (secondary N) is 1. The van der Waals surface area contributed by atoms with Crippen molar-refractivity contribution in [1.82, 2.24) is 5.32 Å². The number of imide groups is 1. The molecule has 0 aliphatic heterocycles. The minimum Gasteiger partial charge on any atom is -0.367 e. The Morgan fingerprint density at radius 2 is 2.33 bits per heavy atom. The second kappa shape index (κ2) is 5.74. The monoisotopic (exact) mass is 191 g/mol. The van der Waals surface area contributed by atoms with Crippen molar-refractivity contribution in [2.45, 2.75) is 6.10 Å². The van der Waals surface area contributed by atoms with Gasteiger partial charge in [0, 0.05) is 7.11 Å². The highest BCUT2D eigenvalue weighted by Crippen LogP contribution is 1.90. The van der Waals surface area contributed by atoms with Crippen LogP contribution in [0.5, 0.6) is 0 Å². The number of amides is 2. The predicted octanol–water partition coefficient (Wildman–Crippen LogP) is 0.0690. The van der Waals surface area contributed by atoms with Crippen LogP contribution < -0.4 is 5.32 Å². The molecule has 0 saturated heterocycles. The summed E-state index contributed by atoms with van der Waals surface area (Å²) in [7, 11) is 1.34. The lowest BCUT2D eigenvalue weighted by molar-refractivity contribution is -0.134. The number of halogens is 1. The Morgan fingerprint density at radius 3 is 2.67 bits per heavy atom. The molecule has 0 aromatic carbocycles. The van der Waals surface area contributed by atoms with E-state index in [1.807, 2.05) is 5.32 Å². The van der Waals surface area contributed by atoms with E-state index in [2.05, 4.69) is 11.3 Å². The second-order valence-electron chi connectivity index (χ2n) is 1.94. The van der Waals surface area contributed by atoms with Crippen LogP contribution >= 0.6 is 11.6 Å². The van der Waals surface area contributed by atoms with Gasteiger partial charge in [-0.25, -0.2) is 0 Å². The molecule has 0 radical (unpaired) electrons. The Labute approximate surface area is 75.5 Å². The lowest BCUT2D eigenvalue weighted by Crippen LogP contribution is -2.39. The summed E-state index contributed by atoms with van der Waals surface area (Å²) in [4.78, 5) is 21.6. The van der Waals surface area contributed by atoms with Crippen LogP contribution in [0.3, 0.4) is 0 Å². The predicted molar refractivity (Wildman–Crippen MR) is 44.9 cm³/mol. The molecule has 12 heavy (non-hydrogen) atoms. The molecule has 0 aromatic heterocycles. The number of carbonyl (C=O) groups is 2. The molecule has 1 N–H and O–H groups in total. The van der Waals surface area contributed by atoms with Crippen LogP contribution in [0.2, 0.25) is 0 Å². The van der Waals surface area contributed by atoms with Gasteiger partial charge >= 0.3 is 0 Å². The van der Waals surface area contributed by atoms with Gasteiger partial charge in [0.05, 0.1) is 0 Å². The van der Waals surface area contributed by atoms with Crippen LogP contribution in [0.4, 0.5) is 0 Å². The van der Waals surface area contributed by atoms with Gasteiger partial charge in [-0.15, -0.1) is 11.6 Å². The topological polar surface area (TPSA) is 55.4 Å². The normalized spacial score (nSPS) is 11.8. The number of rotatable bonds is 4. The highest BCUT2D eigenvalue weighted by molar-refractivity contribution is 6.28. The summed E-state index contributed by atoms with van der Waals surface area (Å²) in [5, 5.41) is 2.03. The molecule has 0 saturated carbocycles. The Morgan fingerprint density at radius 1 is 1.75 bits per heavy atom. The van der Waals surface area contributed by atoms with Crippen molar-refractivity contribution in [3.8, 4) is 0 Å². The molecule has 4 nitrogen and oxygen atoms in total. The van der Waals surface area contributed by atoms with Crippen LogP contribution in [0.15, 0.2) is 12.7 Å². The zero-order chi connectivity index (χ0) is 9.56. The molecule has 1 atom stereocenters. The van der Waals surface area contributed by atoms with Crippen molar-refractivity contribution < 1.29 is 14.3 Å². The van der Waals surface area contributed by atoms with E-state index in [1.54, 1.807) is 0 Å². The number of ether oxygens (including phenoxy) is 1. The van der Waals surface area contributed by atoms with Gasteiger partial charge in [0.2, 0.25) is 5.91 Å². The third-order valence-electron chi connectivity index (χ3n) is 1.11. The maximum Gasteiger partial charge on any atom is 0.259 e. The summed E-state index contributed by atoms with van der Waals surface area (Å²) in [6.07, 6.45) is 0.480. The Kier molecular flexibility index (Phi) is 5.32. The molecule has 0 aliphatic rings. The first-order chi connectivity index (χ1) is 5.65. The van der Waals surface area contributed by atoms with Crippen LogP contribution in [0.1, 0.15) is 0 Å². The summed E-state index contributed by atoms with van der Waals surface area (Å²) in [5.74, 6) is -1.36. The summed E-state index contributed by atoms with van der Waals surface area (Å²) >= 11 is 5.16. The van der Waals surface area contributed by atoms with Crippen LogP contribution in [-0.4, -0.2) is 30.9 Å². The third kappa shape index (κ3) is 3.50. The molecule has 68 valence electrons. The average Bonchev–Trinajstić information content (AvgIpc) is 2.06. The fourth-order valence-corrected chi connectivity index (χ4v) is 0.619. The van der Waals surface area contributed by atoms with Crippen molar-refractivity contribution in [3.05, 3.63) is 12.7 Å². The van der Waals surface area contributed by atoms with Gasteiger partial charge in [-0.05, 0) is 0 Å². The Hall–Kier alpha value is -0.870. The highest BCUT2D eigenvalue weighted by Gasteiger charge is 2.15. The van der Waals surface area contributed by atoms with Crippen molar-refractivity contribution in [1.29, 1.82) is 0 Å². The smallest absolute Gasteiger partial charge is 0.259 e. The number of alkyl halides is 1. The zero-order valence-corrected chi connectivity index (χ0v) is 7.43. The minimum absolute atomic E-state index is 0.251. The zero-order valence-electron chi connectivity index (χ0n) is 6.67. The molecule has 0 aliphatic carbocycles. The fourth-order valence-electron chi connectivity index (χ4n) is 0.552. The van der Waals surface area contributed by atoms with Gasteiger partial charge < -0.3 is 4.74 Å². The molecule has 1 unspecified atom stereocenters. The van der Waals surface area contributed by atoms with Gasteiger partial charge in [0.25, 0.3) is 5.91 Å². The molecule has 0 spiro atoms. The quantitative estimate of drug-likeness (QED) is 0.506. The van der Waals surface area contributed by atoms with Crippen molar-refractivity contribution >= 4 is 23.4 Å².